The number of quaternary nitrogens is 1. The van der Waals surface area contributed by atoms with Gasteiger partial charge in [-0.2, -0.15) is 0 Å². The molecule has 0 bridgehead atoms. The Kier molecular flexibility index (Phi) is 54.1. The van der Waals surface area contributed by atoms with Gasteiger partial charge in [0.2, 0.25) is 0 Å². The van der Waals surface area contributed by atoms with Crippen molar-refractivity contribution in [3.63, 3.8) is 0 Å². The quantitative estimate of drug-likeness (QED) is 0.0347. The molecule has 0 aliphatic rings. The molecule has 0 aliphatic carbocycles. The van der Waals surface area contributed by atoms with E-state index in [0.29, 0.717) is 6.42 Å². The number of unbranched alkanes of at least 4 members (excludes halogenated alkanes) is 49. The van der Waals surface area contributed by atoms with Crippen molar-refractivity contribution in [2.45, 2.75) is 361 Å². The highest BCUT2D eigenvalue weighted by Gasteiger charge is 2.26. The lowest BCUT2D eigenvalue weighted by Crippen LogP contribution is -2.51. The van der Waals surface area contributed by atoms with Gasteiger partial charge in [-0.25, -0.2) is 8.42 Å². The highest BCUT2D eigenvalue weighted by molar-refractivity contribution is 7.85. The van der Waals surface area contributed by atoms with Gasteiger partial charge in [0.15, 0.2) is 0 Å². The maximum absolute atomic E-state index is 11.5. The van der Waals surface area contributed by atoms with Gasteiger partial charge in [0.05, 0.1) is 36.3 Å². The van der Waals surface area contributed by atoms with Gasteiger partial charge in [-0.3, -0.25) is 0 Å². The fourth-order valence-corrected chi connectivity index (χ4v) is 11.5. The SMILES string of the molecule is CCCCCCCCCCCCCCCCCCC[N+](CCCCCCCCCCCCCCCCCCC)(CCCCCCCCCCCCCCCCCCC)CCCCS(=O)(=O)[O-]. The van der Waals surface area contributed by atoms with Crippen molar-refractivity contribution in [1.82, 2.24) is 0 Å². The monoisotopic (exact) mass is 952 g/mol. The molecular formula is C61H125NO3S. The zero-order chi connectivity index (χ0) is 48.0. The molecule has 398 valence electrons. The van der Waals surface area contributed by atoms with Crippen molar-refractivity contribution in [2.75, 3.05) is 31.9 Å². The Hall–Kier alpha value is -0.130. The summed E-state index contributed by atoms with van der Waals surface area (Å²) in [4.78, 5) is 0. The zero-order valence-corrected chi connectivity index (χ0v) is 46.9. The molecule has 0 rings (SSSR count). The van der Waals surface area contributed by atoms with Crippen LogP contribution in [0.3, 0.4) is 0 Å². The molecule has 0 unspecified atom stereocenters. The molecular weight excluding hydrogens is 827 g/mol. The van der Waals surface area contributed by atoms with Gasteiger partial charge in [-0.05, 0) is 51.4 Å². The second kappa shape index (κ2) is 54.2. The molecule has 0 fully saturated rings. The van der Waals surface area contributed by atoms with Crippen molar-refractivity contribution >= 4 is 10.1 Å². The molecule has 0 aromatic rings. The lowest BCUT2D eigenvalue weighted by Gasteiger charge is -2.40. The second-order valence-corrected chi connectivity index (χ2v) is 23.7. The van der Waals surface area contributed by atoms with Crippen LogP contribution in [0.1, 0.15) is 361 Å². The van der Waals surface area contributed by atoms with Crippen molar-refractivity contribution in [2.24, 2.45) is 0 Å². The lowest BCUT2D eigenvalue weighted by molar-refractivity contribution is -0.929. The molecule has 0 aromatic carbocycles. The highest BCUT2D eigenvalue weighted by atomic mass is 32.2. The number of hydrogen-bond acceptors (Lipinski definition) is 3. The van der Waals surface area contributed by atoms with Crippen LogP contribution in [0, 0.1) is 0 Å². The summed E-state index contributed by atoms with van der Waals surface area (Å²) in [6.07, 6.45) is 73.2. The topological polar surface area (TPSA) is 57.2 Å². The van der Waals surface area contributed by atoms with Crippen molar-refractivity contribution in [3.8, 4) is 0 Å². The molecule has 0 spiro atoms. The van der Waals surface area contributed by atoms with Crippen molar-refractivity contribution in [3.05, 3.63) is 0 Å². The van der Waals surface area contributed by atoms with E-state index >= 15 is 0 Å². The third kappa shape index (κ3) is 53.2. The Balaban J connectivity index is 4.72. The molecule has 0 atom stereocenters. The maximum atomic E-state index is 11.5. The Bertz CT molecular complexity index is 907. The standard InChI is InChI=1S/C61H125NO3S/c1-4-7-10-13-16-19-22-25-28-31-34-37-40-43-46-49-52-57-62(60-55-56-61-66(63,64)65,58-53-50-47-44-41-38-35-32-29-26-23-20-17-14-11-8-5-2)59-54-51-48-45-42-39-36-33-30-27-24-21-18-15-12-9-6-3/h4-61H2,1-3H3. The first-order chi connectivity index (χ1) is 32.4. The number of hydrogen-bond donors (Lipinski definition) is 0. The van der Waals surface area contributed by atoms with Crippen LogP contribution in [0.25, 0.3) is 0 Å². The first-order valence-electron chi connectivity index (χ1n) is 31.2. The Morgan fingerprint density at radius 3 is 0.515 bits per heavy atom. The Labute approximate surface area is 418 Å². The summed E-state index contributed by atoms with van der Waals surface area (Å²) in [5.74, 6) is -0.190. The lowest BCUT2D eigenvalue weighted by atomic mass is 10.0. The molecule has 0 N–H and O–H groups in total. The summed E-state index contributed by atoms with van der Waals surface area (Å²) in [7, 11) is -4.13. The minimum absolute atomic E-state index is 0.190. The van der Waals surface area contributed by atoms with Gasteiger partial charge in [-0.15, -0.1) is 0 Å². The third-order valence-electron chi connectivity index (χ3n) is 15.5. The van der Waals surface area contributed by atoms with Crippen LogP contribution in [0.2, 0.25) is 0 Å². The summed E-state index contributed by atoms with van der Waals surface area (Å²) < 4.78 is 35.8. The van der Waals surface area contributed by atoms with E-state index in [1.165, 1.54) is 352 Å². The molecule has 66 heavy (non-hydrogen) atoms. The van der Waals surface area contributed by atoms with E-state index in [9.17, 15) is 13.0 Å². The van der Waals surface area contributed by atoms with Gasteiger partial charge in [-0.1, -0.05) is 310 Å². The molecule has 0 aliphatic heterocycles. The first kappa shape index (κ1) is 65.9. The van der Waals surface area contributed by atoms with E-state index in [4.69, 9.17) is 0 Å². The molecule has 4 nitrogen and oxygen atoms in total. The van der Waals surface area contributed by atoms with E-state index in [-0.39, 0.29) is 5.75 Å². The van der Waals surface area contributed by atoms with Gasteiger partial charge in [0, 0.05) is 5.75 Å². The van der Waals surface area contributed by atoms with E-state index in [2.05, 4.69) is 20.8 Å². The second-order valence-electron chi connectivity index (χ2n) is 22.2. The smallest absolute Gasteiger partial charge is 0.0945 e. The summed E-state index contributed by atoms with van der Waals surface area (Å²) in [6, 6.07) is 0. The van der Waals surface area contributed by atoms with Crippen molar-refractivity contribution < 1.29 is 17.5 Å². The molecule has 0 aromatic heterocycles. The van der Waals surface area contributed by atoms with Gasteiger partial charge in [0.1, 0.15) is 0 Å². The van der Waals surface area contributed by atoms with Crippen LogP contribution in [-0.4, -0.2) is 49.4 Å². The van der Waals surface area contributed by atoms with Crippen LogP contribution in [-0.2, 0) is 10.1 Å². The van der Waals surface area contributed by atoms with E-state index in [1.54, 1.807) is 0 Å². The third-order valence-corrected chi connectivity index (χ3v) is 16.3. The molecule has 0 radical (unpaired) electrons. The zero-order valence-electron chi connectivity index (χ0n) is 46.1. The number of rotatable bonds is 59. The summed E-state index contributed by atoms with van der Waals surface area (Å²) in [6.45, 7) is 11.7. The fraction of sp³-hybridized carbons (Fsp3) is 1.00. The molecule has 0 saturated heterocycles. The van der Waals surface area contributed by atoms with Crippen molar-refractivity contribution in [1.29, 1.82) is 0 Å². The summed E-state index contributed by atoms with van der Waals surface area (Å²) in [5, 5.41) is 0. The van der Waals surface area contributed by atoms with Gasteiger partial charge < -0.3 is 9.04 Å². The molecule has 0 amide bonds. The van der Waals surface area contributed by atoms with Crippen LogP contribution in [0.5, 0.6) is 0 Å². The Morgan fingerprint density at radius 1 is 0.227 bits per heavy atom. The average Bonchev–Trinajstić information content (AvgIpc) is 3.30. The van der Waals surface area contributed by atoms with E-state index < -0.39 is 10.1 Å². The number of nitrogens with zero attached hydrogens (tertiary/aromatic N) is 1. The minimum Gasteiger partial charge on any atom is -0.748 e. The maximum Gasteiger partial charge on any atom is 0.0945 e. The summed E-state index contributed by atoms with van der Waals surface area (Å²) >= 11 is 0. The molecule has 0 heterocycles. The minimum atomic E-state index is -4.13. The summed E-state index contributed by atoms with van der Waals surface area (Å²) in [5.41, 5.74) is 0. The van der Waals surface area contributed by atoms with E-state index in [1.807, 2.05) is 0 Å². The molecule has 0 saturated carbocycles. The first-order valence-corrected chi connectivity index (χ1v) is 32.8. The predicted octanol–water partition coefficient (Wildman–Crippen LogP) is 21.1. The average molecular weight is 953 g/mol. The van der Waals surface area contributed by atoms with Crippen LogP contribution < -0.4 is 0 Å². The van der Waals surface area contributed by atoms with Gasteiger partial charge in [0.25, 0.3) is 0 Å². The normalized spacial score (nSPS) is 12.2. The molecule has 5 heteroatoms. The highest BCUT2D eigenvalue weighted by Crippen LogP contribution is 2.22. The van der Waals surface area contributed by atoms with Crippen LogP contribution >= 0.6 is 0 Å². The predicted molar refractivity (Wildman–Crippen MR) is 296 cm³/mol. The van der Waals surface area contributed by atoms with E-state index in [0.717, 1.165) is 13.0 Å². The Morgan fingerprint density at radius 2 is 0.364 bits per heavy atom. The largest absolute Gasteiger partial charge is 0.748 e. The van der Waals surface area contributed by atoms with Crippen LogP contribution in [0.15, 0.2) is 0 Å². The van der Waals surface area contributed by atoms with Gasteiger partial charge >= 0.3 is 0 Å². The fourth-order valence-electron chi connectivity index (χ4n) is 10.9. The van der Waals surface area contributed by atoms with Crippen LogP contribution in [0.4, 0.5) is 0 Å².